The molecule has 0 atom stereocenters. The van der Waals surface area contributed by atoms with Crippen molar-refractivity contribution in [2.45, 2.75) is 6.54 Å². The number of hydrogen-bond acceptors (Lipinski definition) is 4. The first-order valence-electron chi connectivity index (χ1n) is 7.53. The number of ether oxygens (including phenoxy) is 2. The lowest BCUT2D eigenvalue weighted by atomic mass is 10.2. The highest BCUT2D eigenvalue weighted by molar-refractivity contribution is 5.79. The molecule has 1 heterocycles. The van der Waals surface area contributed by atoms with Crippen LogP contribution in [-0.4, -0.2) is 38.3 Å². The van der Waals surface area contributed by atoms with Crippen LogP contribution < -0.4 is 15.4 Å². The zero-order valence-corrected chi connectivity index (χ0v) is 13.8. The Bertz CT molecular complexity index is 679. The van der Waals surface area contributed by atoms with Gasteiger partial charge in [-0.15, -0.1) is 0 Å². The molecule has 128 valence electrons. The molecular weight excluding hydrogens is 311 g/mol. The topological polar surface area (TPSA) is 67.8 Å². The van der Waals surface area contributed by atoms with Crippen LogP contribution in [0, 0.1) is 5.82 Å². The van der Waals surface area contributed by atoms with Crippen LogP contribution in [0.5, 0.6) is 11.6 Å². The Labute approximate surface area is 140 Å². The van der Waals surface area contributed by atoms with Gasteiger partial charge in [0.05, 0.1) is 6.61 Å². The molecular formula is C17H21FN4O2. The van der Waals surface area contributed by atoms with Crippen molar-refractivity contribution in [3.8, 4) is 11.6 Å². The number of nitrogens with one attached hydrogen (secondary N) is 2. The van der Waals surface area contributed by atoms with Crippen molar-refractivity contribution in [3.05, 3.63) is 54.0 Å². The molecule has 0 saturated heterocycles. The lowest BCUT2D eigenvalue weighted by molar-refractivity contribution is 0.203. The highest BCUT2D eigenvalue weighted by Gasteiger charge is 2.07. The van der Waals surface area contributed by atoms with Gasteiger partial charge >= 0.3 is 0 Å². The molecule has 24 heavy (non-hydrogen) atoms. The molecule has 2 aromatic rings. The number of aliphatic imine (C=N–C) groups is 1. The normalized spacial score (nSPS) is 11.2. The maximum absolute atomic E-state index is 13.3. The molecule has 1 aromatic heterocycles. The van der Waals surface area contributed by atoms with Gasteiger partial charge in [-0.1, -0.05) is 12.1 Å². The van der Waals surface area contributed by atoms with Crippen molar-refractivity contribution in [2.75, 3.05) is 27.3 Å². The van der Waals surface area contributed by atoms with Crippen LogP contribution >= 0.6 is 0 Å². The van der Waals surface area contributed by atoms with E-state index < -0.39 is 0 Å². The monoisotopic (exact) mass is 332 g/mol. The number of aromatic nitrogens is 1. The number of rotatable bonds is 7. The number of guanidine groups is 1. The van der Waals surface area contributed by atoms with E-state index in [2.05, 4.69) is 20.6 Å². The first kappa shape index (κ1) is 17.7. The minimum Gasteiger partial charge on any atom is -0.439 e. The zero-order chi connectivity index (χ0) is 17.2. The molecule has 0 aliphatic carbocycles. The Balaban J connectivity index is 2.00. The van der Waals surface area contributed by atoms with Crippen molar-refractivity contribution in [3.63, 3.8) is 0 Å². The van der Waals surface area contributed by atoms with Crippen LogP contribution in [0.1, 0.15) is 5.56 Å². The lowest BCUT2D eigenvalue weighted by Crippen LogP contribution is -2.38. The fourth-order valence-electron chi connectivity index (χ4n) is 1.96. The van der Waals surface area contributed by atoms with Crippen molar-refractivity contribution >= 4 is 5.96 Å². The smallest absolute Gasteiger partial charge is 0.224 e. The highest BCUT2D eigenvalue weighted by atomic mass is 19.1. The zero-order valence-electron chi connectivity index (χ0n) is 13.8. The van der Waals surface area contributed by atoms with E-state index in [0.29, 0.717) is 37.3 Å². The van der Waals surface area contributed by atoms with Crippen LogP contribution in [-0.2, 0) is 11.3 Å². The number of halogens is 1. The lowest BCUT2D eigenvalue weighted by Gasteiger charge is -2.13. The van der Waals surface area contributed by atoms with Crippen LogP contribution in [0.2, 0.25) is 0 Å². The van der Waals surface area contributed by atoms with Crippen molar-refractivity contribution in [1.82, 2.24) is 15.6 Å². The summed E-state index contributed by atoms with van der Waals surface area (Å²) in [7, 11) is 3.33. The second-order valence-electron chi connectivity index (χ2n) is 4.87. The van der Waals surface area contributed by atoms with E-state index in [4.69, 9.17) is 9.47 Å². The molecule has 0 unspecified atom stereocenters. The molecule has 0 bridgehead atoms. The number of benzene rings is 1. The van der Waals surface area contributed by atoms with E-state index in [1.54, 1.807) is 32.5 Å². The van der Waals surface area contributed by atoms with Crippen LogP contribution in [0.15, 0.2) is 47.6 Å². The number of pyridine rings is 1. The SMILES string of the molecule is CN=C(NCCOC)NCc1cccnc1Oc1cccc(F)c1. The Morgan fingerprint density at radius 2 is 2.12 bits per heavy atom. The van der Waals surface area contributed by atoms with Gasteiger partial charge in [0.2, 0.25) is 5.88 Å². The molecule has 0 aliphatic heterocycles. The van der Waals surface area contributed by atoms with E-state index in [9.17, 15) is 4.39 Å². The number of hydrogen-bond donors (Lipinski definition) is 2. The van der Waals surface area contributed by atoms with Crippen LogP contribution in [0.3, 0.4) is 0 Å². The van der Waals surface area contributed by atoms with Crippen LogP contribution in [0.4, 0.5) is 4.39 Å². The Morgan fingerprint density at radius 1 is 1.25 bits per heavy atom. The average Bonchev–Trinajstić information content (AvgIpc) is 2.59. The fourth-order valence-corrected chi connectivity index (χ4v) is 1.96. The van der Waals surface area contributed by atoms with E-state index in [0.717, 1.165) is 5.56 Å². The summed E-state index contributed by atoms with van der Waals surface area (Å²) in [4.78, 5) is 8.35. The number of methoxy groups -OCH3 is 1. The van der Waals surface area contributed by atoms with E-state index in [1.807, 2.05) is 12.1 Å². The first-order valence-corrected chi connectivity index (χ1v) is 7.53. The molecule has 0 aliphatic rings. The molecule has 7 heteroatoms. The molecule has 0 spiro atoms. The largest absolute Gasteiger partial charge is 0.439 e. The van der Waals surface area contributed by atoms with Crippen LogP contribution in [0.25, 0.3) is 0 Å². The second-order valence-corrected chi connectivity index (χ2v) is 4.87. The predicted molar refractivity (Wildman–Crippen MR) is 90.8 cm³/mol. The predicted octanol–water partition coefficient (Wildman–Crippen LogP) is 2.32. The summed E-state index contributed by atoms with van der Waals surface area (Å²) in [5.41, 5.74) is 0.830. The maximum atomic E-state index is 13.3. The van der Waals surface area contributed by atoms with Gasteiger partial charge in [0.1, 0.15) is 11.6 Å². The molecule has 6 nitrogen and oxygen atoms in total. The summed E-state index contributed by atoms with van der Waals surface area (Å²) in [6, 6.07) is 9.65. The first-order chi connectivity index (χ1) is 11.7. The fraction of sp³-hybridized carbons (Fsp3) is 0.294. The quantitative estimate of drug-likeness (QED) is 0.463. The van der Waals surface area contributed by atoms with Crippen molar-refractivity contribution in [2.24, 2.45) is 4.99 Å². The summed E-state index contributed by atoms with van der Waals surface area (Å²) < 4.78 is 23.9. The van der Waals surface area contributed by atoms with Gasteiger partial charge in [0, 0.05) is 45.1 Å². The summed E-state index contributed by atoms with van der Waals surface area (Å²) in [5, 5.41) is 6.29. The molecule has 0 fully saturated rings. The van der Waals surface area contributed by atoms with Gasteiger partial charge in [-0.25, -0.2) is 9.37 Å². The molecule has 2 rings (SSSR count). The molecule has 1 aromatic carbocycles. The van der Waals surface area contributed by atoms with E-state index in [1.165, 1.54) is 12.1 Å². The highest BCUT2D eigenvalue weighted by Crippen LogP contribution is 2.23. The third kappa shape index (κ3) is 5.51. The van der Waals surface area contributed by atoms with Gasteiger partial charge in [0.15, 0.2) is 5.96 Å². The van der Waals surface area contributed by atoms with E-state index in [-0.39, 0.29) is 5.82 Å². The molecule has 0 amide bonds. The van der Waals surface area contributed by atoms with Gasteiger partial charge < -0.3 is 20.1 Å². The minimum absolute atomic E-state index is 0.356. The van der Waals surface area contributed by atoms with Crippen molar-refractivity contribution < 1.29 is 13.9 Å². The molecule has 0 radical (unpaired) electrons. The third-order valence-corrected chi connectivity index (χ3v) is 3.13. The molecule has 0 saturated carbocycles. The summed E-state index contributed by atoms with van der Waals surface area (Å²) in [5.74, 6) is 1.11. The third-order valence-electron chi connectivity index (χ3n) is 3.13. The van der Waals surface area contributed by atoms with Gasteiger partial charge in [-0.2, -0.15) is 0 Å². The second kappa shape index (κ2) is 9.46. The van der Waals surface area contributed by atoms with Crippen molar-refractivity contribution in [1.29, 1.82) is 0 Å². The summed E-state index contributed by atoms with van der Waals surface area (Å²) in [6.07, 6.45) is 1.63. The van der Waals surface area contributed by atoms with Gasteiger partial charge in [0.25, 0.3) is 0 Å². The van der Waals surface area contributed by atoms with Gasteiger partial charge in [-0.3, -0.25) is 4.99 Å². The standard InChI is InChI=1S/C17H21FN4O2/c1-19-17(21-9-10-23-2)22-12-13-5-4-8-20-16(13)24-15-7-3-6-14(18)11-15/h3-8,11H,9-10,12H2,1-2H3,(H2,19,21,22). The summed E-state index contributed by atoms with van der Waals surface area (Å²) in [6.45, 7) is 1.70. The average molecular weight is 332 g/mol. The Hall–Kier alpha value is -2.67. The Morgan fingerprint density at radius 3 is 2.88 bits per heavy atom. The van der Waals surface area contributed by atoms with E-state index >= 15 is 0 Å². The van der Waals surface area contributed by atoms with Gasteiger partial charge in [-0.05, 0) is 18.2 Å². The Kier molecular flexibility index (Phi) is 6.97. The maximum Gasteiger partial charge on any atom is 0.224 e. The number of nitrogens with zero attached hydrogens (tertiary/aromatic N) is 2. The summed E-state index contributed by atoms with van der Waals surface area (Å²) >= 11 is 0. The molecule has 2 N–H and O–H groups in total. The minimum atomic E-state index is -0.356.